The second-order valence-electron chi connectivity index (χ2n) is 4.45. The van der Waals surface area contributed by atoms with Crippen molar-refractivity contribution in [3.8, 4) is 11.3 Å². The van der Waals surface area contributed by atoms with E-state index in [-0.39, 0.29) is 0 Å². The number of H-pyrrole nitrogens is 1. The third kappa shape index (κ3) is 2.45. The third-order valence-electron chi connectivity index (χ3n) is 2.90. The van der Waals surface area contributed by atoms with Gasteiger partial charge in [-0.25, -0.2) is 9.97 Å². The van der Waals surface area contributed by atoms with E-state index in [1.165, 1.54) is 0 Å². The van der Waals surface area contributed by atoms with Crippen LogP contribution in [0.4, 0.5) is 11.8 Å². The first kappa shape index (κ1) is 12.4. The number of nitrogen functional groups attached to an aromatic ring is 1. The van der Waals surface area contributed by atoms with Gasteiger partial charge >= 0.3 is 0 Å². The first-order valence-corrected chi connectivity index (χ1v) is 6.15. The Balaban J connectivity index is 2.35. The topological polar surface area (TPSA) is 70.8 Å². The van der Waals surface area contributed by atoms with Gasteiger partial charge in [-0.15, -0.1) is 0 Å². The molecule has 3 N–H and O–H groups in total. The first-order chi connectivity index (χ1) is 8.61. The maximum Gasteiger partial charge on any atom is 0.198 e. The minimum atomic E-state index is 0.419. The van der Waals surface area contributed by atoms with E-state index >= 15 is 0 Å². The van der Waals surface area contributed by atoms with Crippen LogP contribution in [0.15, 0.2) is 24.5 Å². The van der Waals surface area contributed by atoms with Crippen molar-refractivity contribution in [2.75, 3.05) is 17.2 Å². The molecule has 0 aliphatic heterocycles. The lowest BCUT2D eigenvalue weighted by Crippen LogP contribution is -2.31. The summed E-state index contributed by atoms with van der Waals surface area (Å²) in [5.74, 6) is 1.39. The minimum Gasteiger partial charge on any atom is -0.369 e. The van der Waals surface area contributed by atoms with Crippen LogP contribution in [0.2, 0.25) is 0 Å². The van der Waals surface area contributed by atoms with E-state index in [9.17, 15) is 0 Å². The van der Waals surface area contributed by atoms with Crippen molar-refractivity contribution >= 4 is 11.8 Å². The minimum absolute atomic E-state index is 0.419. The van der Waals surface area contributed by atoms with Crippen LogP contribution < -0.4 is 10.6 Å². The number of hydrogen-bond donors (Lipinski definition) is 2. The SMILES string of the molecule is CCN(c1cc(-c2c[nH]c(N)n2)ccn1)C(C)C. The van der Waals surface area contributed by atoms with Gasteiger partial charge in [0, 0.05) is 30.5 Å². The van der Waals surface area contributed by atoms with Crippen molar-refractivity contribution in [3.05, 3.63) is 24.5 Å². The molecule has 0 aliphatic rings. The highest BCUT2D eigenvalue weighted by Gasteiger charge is 2.11. The van der Waals surface area contributed by atoms with E-state index in [1.807, 2.05) is 12.1 Å². The quantitative estimate of drug-likeness (QED) is 0.867. The zero-order valence-electron chi connectivity index (χ0n) is 11.0. The summed E-state index contributed by atoms with van der Waals surface area (Å²) in [6.45, 7) is 7.37. The van der Waals surface area contributed by atoms with Crippen LogP contribution in [0, 0.1) is 0 Å². The third-order valence-corrected chi connectivity index (χ3v) is 2.90. The summed E-state index contributed by atoms with van der Waals surface area (Å²) in [6.07, 6.45) is 3.61. The van der Waals surface area contributed by atoms with Gasteiger partial charge in [0.25, 0.3) is 0 Å². The monoisotopic (exact) mass is 245 g/mol. The molecule has 0 radical (unpaired) electrons. The maximum absolute atomic E-state index is 5.60. The molecule has 5 heteroatoms. The number of aromatic amines is 1. The number of pyridine rings is 1. The highest BCUT2D eigenvalue weighted by Crippen LogP contribution is 2.22. The Labute approximate surface area is 107 Å². The van der Waals surface area contributed by atoms with Crippen molar-refractivity contribution < 1.29 is 0 Å². The lowest BCUT2D eigenvalue weighted by atomic mass is 10.2. The number of nitrogens with zero attached hydrogens (tertiary/aromatic N) is 3. The number of nitrogens with two attached hydrogens (primary N) is 1. The molecular weight excluding hydrogens is 226 g/mol. The fraction of sp³-hybridized carbons (Fsp3) is 0.385. The molecule has 2 aromatic rings. The van der Waals surface area contributed by atoms with Crippen LogP contribution in [0.5, 0.6) is 0 Å². The zero-order valence-corrected chi connectivity index (χ0v) is 11.0. The molecule has 5 nitrogen and oxygen atoms in total. The lowest BCUT2D eigenvalue weighted by Gasteiger charge is -2.26. The Bertz CT molecular complexity index is 518. The number of imidazole rings is 1. The zero-order chi connectivity index (χ0) is 13.1. The first-order valence-electron chi connectivity index (χ1n) is 6.15. The van der Waals surface area contributed by atoms with E-state index in [1.54, 1.807) is 12.4 Å². The van der Waals surface area contributed by atoms with Crippen LogP contribution >= 0.6 is 0 Å². The molecular formula is C13H19N5. The molecule has 0 atom stereocenters. The van der Waals surface area contributed by atoms with Gasteiger partial charge in [-0.2, -0.15) is 0 Å². The molecule has 0 saturated heterocycles. The lowest BCUT2D eigenvalue weighted by molar-refractivity contribution is 0.693. The van der Waals surface area contributed by atoms with Gasteiger partial charge in [-0.3, -0.25) is 0 Å². The van der Waals surface area contributed by atoms with E-state index in [4.69, 9.17) is 5.73 Å². The Kier molecular flexibility index (Phi) is 3.50. The van der Waals surface area contributed by atoms with Gasteiger partial charge in [0.2, 0.25) is 0 Å². The molecule has 0 saturated carbocycles. The van der Waals surface area contributed by atoms with Crippen molar-refractivity contribution in [1.29, 1.82) is 0 Å². The molecule has 0 bridgehead atoms. The Morgan fingerprint density at radius 3 is 2.78 bits per heavy atom. The molecule has 2 heterocycles. The van der Waals surface area contributed by atoms with Crippen molar-refractivity contribution in [2.24, 2.45) is 0 Å². The Hall–Kier alpha value is -2.04. The highest BCUT2D eigenvalue weighted by atomic mass is 15.2. The molecule has 2 aromatic heterocycles. The Morgan fingerprint density at radius 2 is 2.22 bits per heavy atom. The number of nitrogens with one attached hydrogen (secondary N) is 1. The smallest absolute Gasteiger partial charge is 0.198 e. The standard InChI is InChI=1S/C13H19N5/c1-4-18(9(2)3)12-7-10(5-6-15-12)11-8-16-13(14)17-11/h5-9H,4H2,1-3H3,(H3,14,16,17). The summed E-state index contributed by atoms with van der Waals surface area (Å²) in [6, 6.07) is 4.40. The van der Waals surface area contributed by atoms with Gasteiger partial charge in [0.05, 0.1) is 5.69 Å². The van der Waals surface area contributed by atoms with Crippen molar-refractivity contribution in [3.63, 3.8) is 0 Å². The van der Waals surface area contributed by atoms with E-state index < -0.39 is 0 Å². The predicted octanol–water partition coefficient (Wildman–Crippen LogP) is 2.29. The summed E-state index contributed by atoms with van der Waals surface area (Å²) in [7, 11) is 0. The number of aromatic nitrogens is 3. The number of rotatable bonds is 4. The van der Waals surface area contributed by atoms with Crippen LogP contribution in [-0.2, 0) is 0 Å². The van der Waals surface area contributed by atoms with Gasteiger partial charge < -0.3 is 15.6 Å². The van der Waals surface area contributed by atoms with Gasteiger partial charge in [-0.1, -0.05) is 0 Å². The summed E-state index contributed by atoms with van der Waals surface area (Å²) < 4.78 is 0. The summed E-state index contributed by atoms with van der Waals surface area (Å²) in [5, 5.41) is 0. The molecule has 2 rings (SSSR count). The second-order valence-corrected chi connectivity index (χ2v) is 4.45. The fourth-order valence-corrected chi connectivity index (χ4v) is 2.01. The van der Waals surface area contributed by atoms with E-state index in [2.05, 4.69) is 40.6 Å². The molecule has 18 heavy (non-hydrogen) atoms. The van der Waals surface area contributed by atoms with Gasteiger partial charge in [-0.05, 0) is 32.9 Å². The normalized spacial score (nSPS) is 10.9. The van der Waals surface area contributed by atoms with Crippen molar-refractivity contribution in [1.82, 2.24) is 15.0 Å². The highest BCUT2D eigenvalue weighted by molar-refractivity contribution is 5.63. The van der Waals surface area contributed by atoms with Gasteiger partial charge in [0.15, 0.2) is 5.95 Å². The number of hydrogen-bond acceptors (Lipinski definition) is 4. The number of anilines is 2. The van der Waals surface area contributed by atoms with Crippen LogP contribution in [-0.4, -0.2) is 27.5 Å². The van der Waals surface area contributed by atoms with Crippen LogP contribution in [0.3, 0.4) is 0 Å². The summed E-state index contributed by atoms with van der Waals surface area (Å²) in [4.78, 5) is 13.8. The Morgan fingerprint density at radius 1 is 1.44 bits per heavy atom. The van der Waals surface area contributed by atoms with E-state index in [0.717, 1.165) is 23.6 Å². The fourth-order valence-electron chi connectivity index (χ4n) is 2.01. The summed E-state index contributed by atoms with van der Waals surface area (Å²) in [5.41, 5.74) is 7.46. The van der Waals surface area contributed by atoms with E-state index in [0.29, 0.717) is 12.0 Å². The maximum atomic E-state index is 5.60. The predicted molar refractivity (Wildman–Crippen MR) is 74.4 cm³/mol. The largest absolute Gasteiger partial charge is 0.369 e. The second kappa shape index (κ2) is 5.08. The molecule has 0 aliphatic carbocycles. The molecule has 0 fully saturated rings. The summed E-state index contributed by atoms with van der Waals surface area (Å²) >= 11 is 0. The molecule has 0 spiro atoms. The average Bonchev–Trinajstić information content (AvgIpc) is 2.77. The van der Waals surface area contributed by atoms with Gasteiger partial charge in [0.1, 0.15) is 5.82 Å². The molecule has 96 valence electrons. The molecule has 0 unspecified atom stereocenters. The van der Waals surface area contributed by atoms with Crippen LogP contribution in [0.25, 0.3) is 11.3 Å². The van der Waals surface area contributed by atoms with Crippen LogP contribution in [0.1, 0.15) is 20.8 Å². The molecule has 0 aromatic carbocycles. The van der Waals surface area contributed by atoms with Crippen molar-refractivity contribution in [2.45, 2.75) is 26.8 Å². The molecule has 0 amide bonds. The average molecular weight is 245 g/mol.